The van der Waals surface area contributed by atoms with Crippen LogP contribution in [-0.2, 0) is 9.53 Å². The van der Waals surface area contributed by atoms with Crippen molar-refractivity contribution >= 4 is 5.91 Å². The first-order valence-corrected chi connectivity index (χ1v) is 3.89. The molecule has 0 aromatic heterocycles. The average molecular weight is 157 g/mol. The predicted molar refractivity (Wildman–Crippen MR) is 36.5 cm³/mol. The highest BCUT2D eigenvalue weighted by molar-refractivity contribution is 5.79. The molecule has 0 aromatic rings. The summed E-state index contributed by atoms with van der Waals surface area (Å²) >= 11 is 0. The number of piperidine rings is 1. The number of nitrogens with zero attached hydrogens (tertiary/aromatic N) is 1. The fourth-order valence-corrected chi connectivity index (χ4v) is 1.66. The molecule has 2 aliphatic rings. The SMILES string of the molecule is O=C1COC2(O)CCCCN12. The Morgan fingerprint density at radius 2 is 2.36 bits per heavy atom. The van der Waals surface area contributed by atoms with Gasteiger partial charge in [0.25, 0.3) is 11.8 Å². The standard InChI is InChI=1S/C7H11NO3/c9-6-5-11-7(10)3-1-2-4-8(6)7/h10H,1-5H2. The van der Waals surface area contributed by atoms with Gasteiger partial charge in [-0.25, -0.2) is 0 Å². The largest absolute Gasteiger partial charge is 0.349 e. The molecule has 1 amide bonds. The zero-order valence-electron chi connectivity index (χ0n) is 6.25. The van der Waals surface area contributed by atoms with Gasteiger partial charge in [0.15, 0.2) is 0 Å². The fourth-order valence-electron chi connectivity index (χ4n) is 1.66. The van der Waals surface area contributed by atoms with E-state index in [1.807, 2.05) is 0 Å². The van der Waals surface area contributed by atoms with Gasteiger partial charge in [-0.2, -0.15) is 0 Å². The number of amides is 1. The molecule has 62 valence electrons. The van der Waals surface area contributed by atoms with Crippen molar-refractivity contribution in [3.8, 4) is 0 Å². The van der Waals surface area contributed by atoms with Gasteiger partial charge in [-0.05, 0) is 12.8 Å². The molecule has 0 radical (unpaired) electrons. The summed E-state index contributed by atoms with van der Waals surface area (Å²) in [5, 5.41) is 9.66. The number of hydrogen-bond acceptors (Lipinski definition) is 3. The van der Waals surface area contributed by atoms with E-state index in [0.717, 1.165) is 12.8 Å². The number of carbonyl (C=O) groups is 1. The number of carbonyl (C=O) groups excluding carboxylic acids is 1. The van der Waals surface area contributed by atoms with Crippen molar-refractivity contribution in [3.05, 3.63) is 0 Å². The molecule has 0 bridgehead atoms. The van der Waals surface area contributed by atoms with E-state index in [1.165, 1.54) is 4.90 Å². The minimum Gasteiger partial charge on any atom is -0.349 e. The smallest absolute Gasteiger partial charge is 0.252 e. The van der Waals surface area contributed by atoms with Crippen LogP contribution in [0.5, 0.6) is 0 Å². The molecule has 0 aromatic carbocycles. The van der Waals surface area contributed by atoms with E-state index in [2.05, 4.69) is 0 Å². The highest BCUT2D eigenvalue weighted by Crippen LogP contribution is 2.30. The third kappa shape index (κ3) is 0.937. The normalized spacial score (nSPS) is 37.5. The lowest BCUT2D eigenvalue weighted by Gasteiger charge is -2.35. The first-order valence-electron chi connectivity index (χ1n) is 3.89. The minimum atomic E-state index is -1.25. The Kier molecular flexibility index (Phi) is 1.40. The molecule has 2 heterocycles. The van der Waals surface area contributed by atoms with E-state index in [9.17, 15) is 9.90 Å². The van der Waals surface area contributed by atoms with Gasteiger partial charge in [-0.15, -0.1) is 0 Å². The number of hydrogen-bond donors (Lipinski definition) is 1. The van der Waals surface area contributed by atoms with Crippen molar-refractivity contribution in [3.63, 3.8) is 0 Å². The van der Waals surface area contributed by atoms with Crippen LogP contribution in [0.4, 0.5) is 0 Å². The maximum Gasteiger partial charge on any atom is 0.252 e. The predicted octanol–water partition coefficient (Wildman–Crippen LogP) is -0.325. The summed E-state index contributed by atoms with van der Waals surface area (Å²) in [5.41, 5.74) is 0. The molecule has 4 nitrogen and oxygen atoms in total. The molecule has 2 rings (SSSR count). The second-order valence-electron chi connectivity index (χ2n) is 3.03. The lowest BCUT2D eigenvalue weighted by molar-refractivity contribution is -0.256. The molecule has 0 aliphatic carbocycles. The topological polar surface area (TPSA) is 49.8 Å². The van der Waals surface area contributed by atoms with Crippen LogP contribution in [0, 0.1) is 0 Å². The van der Waals surface area contributed by atoms with Gasteiger partial charge in [-0.3, -0.25) is 9.69 Å². The summed E-state index contributed by atoms with van der Waals surface area (Å²) in [5.74, 6) is -1.35. The molecule has 2 fully saturated rings. The lowest BCUT2D eigenvalue weighted by atomic mass is 10.1. The van der Waals surface area contributed by atoms with Crippen LogP contribution in [0.1, 0.15) is 19.3 Å². The second kappa shape index (κ2) is 2.19. The first kappa shape index (κ1) is 7.06. The van der Waals surface area contributed by atoms with Gasteiger partial charge in [-0.1, -0.05) is 0 Å². The molecule has 0 spiro atoms. The van der Waals surface area contributed by atoms with Crippen molar-refractivity contribution < 1.29 is 14.6 Å². The van der Waals surface area contributed by atoms with Gasteiger partial charge >= 0.3 is 0 Å². The molecule has 2 aliphatic heterocycles. The Morgan fingerprint density at radius 3 is 3.09 bits per heavy atom. The maximum absolute atomic E-state index is 11.1. The molecular weight excluding hydrogens is 146 g/mol. The van der Waals surface area contributed by atoms with Gasteiger partial charge in [0.2, 0.25) is 0 Å². The Hall–Kier alpha value is -0.610. The zero-order chi connectivity index (χ0) is 7.90. The highest BCUT2D eigenvalue weighted by Gasteiger charge is 2.46. The Morgan fingerprint density at radius 1 is 1.55 bits per heavy atom. The van der Waals surface area contributed by atoms with Crippen LogP contribution >= 0.6 is 0 Å². The molecule has 0 saturated carbocycles. The number of fused-ring (bicyclic) bond motifs is 1. The third-order valence-electron chi connectivity index (χ3n) is 2.28. The monoisotopic (exact) mass is 157 g/mol. The molecule has 1 N–H and O–H groups in total. The van der Waals surface area contributed by atoms with Gasteiger partial charge < -0.3 is 9.84 Å². The Balaban J connectivity index is 2.21. The van der Waals surface area contributed by atoms with Crippen molar-refractivity contribution in [1.29, 1.82) is 0 Å². The van der Waals surface area contributed by atoms with E-state index < -0.39 is 5.91 Å². The Labute approximate surface area is 64.7 Å². The van der Waals surface area contributed by atoms with Gasteiger partial charge in [0, 0.05) is 13.0 Å². The molecule has 2 saturated heterocycles. The number of rotatable bonds is 0. The molecule has 1 unspecified atom stereocenters. The van der Waals surface area contributed by atoms with Crippen molar-refractivity contribution in [1.82, 2.24) is 4.90 Å². The van der Waals surface area contributed by atoms with E-state index in [-0.39, 0.29) is 12.5 Å². The molecule has 1 atom stereocenters. The van der Waals surface area contributed by atoms with Crippen molar-refractivity contribution in [2.45, 2.75) is 25.2 Å². The third-order valence-corrected chi connectivity index (χ3v) is 2.28. The van der Waals surface area contributed by atoms with Crippen LogP contribution in [0.15, 0.2) is 0 Å². The highest BCUT2D eigenvalue weighted by atomic mass is 16.7. The minimum absolute atomic E-state index is 0.0382. The second-order valence-corrected chi connectivity index (χ2v) is 3.03. The molecule has 11 heavy (non-hydrogen) atoms. The summed E-state index contributed by atoms with van der Waals surface area (Å²) in [6, 6.07) is 0. The number of aliphatic hydroxyl groups is 1. The van der Waals surface area contributed by atoms with E-state index >= 15 is 0 Å². The van der Waals surface area contributed by atoms with E-state index in [0.29, 0.717) is 13.0 Å². The fraction of sp³-hybridized carbons (Fsp3) is 0.857. The van der Waals surface area contributed by atoms with Crippen LogP contribution in [0.3, 0.4) is 0 Å². The number of ether oxygens (including phenoxy) is 1. The van der Waals surface area contributed by atoms with E-state index in [4.69, 9.17) is 4.74 Å². The van der Waals surface area contributed by atoms with Crippen LogP contribution in [0.2, 0.25) is 0 Å². The van der Waals surface area contributed by atoms with E-state index in [1.54, 1.807) is 0 Å². The lowest BCUT2D eigenvalue weighted by Crippen LogP contribution is -2.49. The molecule has 4 heteroatoms. The first-order chi connectivity index (χ1) is 5.22. The van der Waals surface area contributed by atoms with Crippen molar-refractivity contribution in [2.24, 2.45) is 0 Å². The summed E-state index contributed by atoms with van der Waals surface area (Å²) < 4.78 is 4.99. The molecular formula is C7H11NO3. The summed E-state index contributed by atoms with van der Waals surface area (Å²) in [7, 11) is 0. The van der Waals surface area contributed by atoms with Gasteiger partial charge in [0.05, 0.1) is 0 Å². The maximum atomic E-state index is 11.1. The van der Waals surface area contributed by atoms with Crippen LogP contribution < -0.4 is 0 Å². The summed E-state index contributed by atoms with van der Waals surface area (Å²) in [4.78, 5) is 12.5. The van der Waals surface area contributed by atoms with Crippen LogP contribution in [0.25, 0.3) is 0 Å². The quantitative estimate of drug-likeness (QED) is 0.524. The Bertz CT molecular complexity index is 194. The summed E-state index contributed by atoms with van der Waals surface area (Å²) in [6.07, 6.45) is 2.45. The van der Waals surface area contributed by atoms with Crippen LogP contribution in [-0.4, -0.2) is 35.0 Å². The van der Waals surface area contributed by atoms with Crippen molar-refractivity contribution in [2.75, 3.05) is 13.2 Å². The average Bonchev–Trinajstić information content (AvgIpc) is 2.29. The summed E-state index contributed by atoms with van der Waals surface area (Å²) in [6.45, 7) is 0.672. The zero-order valence-corrected chi connectivity index (χ0v) is 6.25. The van der Waals surface area contributed by atoms with Gasteiger partial charge in [0.1, 0.15) is 6.61 Å².